The zero-order chi connectivity index (χ0) is 19.4. The summed E-state index contributed by atoms with van der Waals surface area (Å²) in [6, 6.07) is 12.6. The van der Waals surface area contributed by atoms with Gasteiger partial charge in [0, 0.05) is 0 Å². The van der Waals surface area contributed by atoms with Crippen molar-refractivity contribution in [2.24, 2.45) is 0 Å². The van der Waals surface area contributed by atoms with Crippen molar-refractivity contribution in [3.05, 3.63) is 64.8 Å². The van der Waals surface area contributed by atoms with Crippen molar-refractivity contribution >= 4 is 40.6 Å². The monoisotopic (exact) mass is 386 g/mol. The van der Waals surface area contributed by atoms with E-state index in [0.29, 0.717) is 5.75 Å². The van der Waals surface area contributed by atoms with E-state index in [1.807, 2.05) is 0 Å². The highest BCUT2D eigenvalue weighted by atomic mass is 32.2. The Morgan fingerprint density at radius 1 is 1.19 bits per heavy atom. The largest absolute Gasteiger partial charge is 0.497 e. The van der Waals surface area contributed by atoms with Gasteiger partial charge in [0.05, 0.1) is 17.7 Å². The number of nitrogens with one attached hydrogen (secondary N) is 1. The lowest BCUT2D eigenvalue weighted by Gasteiger charge is -2.12. The number of anilines is 1. The Morgan fingerprint density at radius 3 is 2.56 bits per heavy atom. The van der Waals surface area contributed by atoms with Crippen LogP contribution in [0.3, 0.4) is 0 Å². The lowest BCUT2D eigenvalue weighted by atomic mass is 10.2. The molecule has 1 N–H and O–H groups in total. The van der Waals surface area contributed by atoms with E-state index in [1.165, 1.54) is 18.2 Å². The summed E-state index contributed by atoms with van der Waals surface area (Å²) in [5.74, 6) is -1.15. The van der Waals surface area contributed by atoms with Crippen LogP contribution in [-0.2, 0) is 9.59 Å². The number of thioether (sulfide) groups is 1. The van der Waals surface area contributed by atoms with E-state index in [1.54, 1.807) is 43.5 Å². The molecule has 6 nitrogen and oxygen atoms in total. The number of ether oxygens (including phenoxy) is 1. The predicted molar refractivity (Wildman–Crippen MR) is 101 cm³/mol. The Morgan fingerprint density at radius 2 is 1.89 bits per heavy atom. The van der Waals surface area contributed by atoms with E-state index in [9.17, 15) is 18.8 Å². The van der Waals surface area contributed by atoms with Gasteiger partial charge in [-0.15, -0.1) is 0 Å². The molecular formula is C19H15FN2O4S. The molecule has 3 amide bonds. The molecule has 0 aliphatic carbocycles. The molecule has 3 rings (SSSR count). The number of carbonyl (C=O) groups is 3. The standard InChI is InChI=1S/C19H15FN2O4S/c1-26-13-8-6-12(7-9-13)10-16-18(24)22(19(25)27-16)11-17(23)21-15-5-3-2-4-14(15)20/h2-10H,11H2,1H3,(H,21,23)/b16-10+. The van der Waals surface area contributed by atoms with Gasteiger partial charge in [0.25, 0.3) is 11.1 Å². The van der Waals surface area contributed by atoms with Gasteiger partial charge in [-0.05, 0) is 47.7 Å². The van der Waals surface area contributed by atoms with Crippen LogP contribution >= 0.6 is 11.8 Å². The number of hydrogen-bond donors (Lipinski definition) is 1. The van der Waals surface area contributed by atoms with E-state index in [4.69, 9.17) is 4.74 Å². The first-order valence-electron chi connectivity index (χ1n) is 7.92. The van der Waals surface area contributed by atoms with Crippen LogP contribution in [0.15, 0.2) is 53.4 Å². The molecule has 1 aliphatic heterocycles. The molecule has 0 aromatic heterocycles. The third-order valence-corrected chi connectivity index (χ3v) is 4.64. The van der Waals surface area contributed by atoms with E-state index in [2.05, 4.69) is 5.32 Å². The number of rotatable bonds is 5. The molecule has 8 heteroatoms. The summed E-state index contributed by atoms with van der Waals surface area (Å²) in [6.45, 7) is -0.487. The molecule has 1 fully saturated rings. The van der Waals surface area contributed by atoms with Gasteiger partial charge in [0.1, 0.15) is 18.1 Å². The van der Waals surface area contributed by atoms with Crippen LogP contribution in [0.1, 0.15) is 5.56 Å². The van der Waals surface area contributed by atoms with Crippen molar-refractivity contribution in [3.8, 4) is 5.75 Å². The smallest absolute Gasteiger partial charge is 0.294 e. The SMILES string of the molecule is COc1ccc(/C=C2/SC(=O)N(CC(=O)Nc3ccccc3F)C2=O)cc1. The molecule has 0 bridgehead atoms. The van der Waals surface area contributed by atoms with E-state index in [-0.39, 0.29) is 10.6 Å². The lowest BCUT2D eigenvalue weighted by Crippen LogP contribution is -2.36. The van der Waals surface area contributed by atoms with E-state index in [0.717, 1.165) is 22.2 Å². The van der Waals surface area contributed by atoms with Gasteiger partial charge in [-0.3, -0.25) is 19.3 Å². The highest BCUT2D eigenvalue weighted by Gasteiger charge is 2.36. The van der Waals surface area contributed by atoms with Gasteiger partial charge in [0.15, 0.2) is 0 Å². The van der Waals surface area contributed by atoms with Crippen LogP contribution in [0.5, 0.6) is 5.75 Å². The average Bonchev–Trinajstić information content (AvgIpc) is 2.91. The predicted octanol–water partition coefficient (Wildman–Crippen LogP) is 3.51. The van der Waals surface area contributed by atoms with Crippen molar-refractivity contribution in [2.75, 3.05) is 19.0 Å². The molecule has 0 saturated carbocycles. The molecular weight excluding hydrogens is 371 g/mol. The normalized spacial score (nSPS) is 15.3. The fraction of sp³-hybridized carbons (Fsp3) is 0.105. The van der Waals surface area contributed by atoms with Crippen molar-refractivity contribution in [2.45, 2.75) is 0 Å². The van der Waals surface area contributed by atoms with Crippen LogP contribution < -0.4 is 10.1 Å². The number of benzene rings is 2. The highest BCUT2D eigenvalue weighted by molar-refractivity contribution is 8.18. The van der Waals surface area contributed by atoms with Crippen LogP contribution in [0, 0.1) is 5.82 Å². The molecule has 0 atom stereocenters. The summed E-state index contributed by atoms with van der Waals surface area (Å²) in [7, 11) is 1.55. The molecule has 0 unspecified atom stereocenters. The summed E-state index contributed by atoms with van der Waals surface area (Å²) in [4.78, 5) is 37.7. The maximum atomic E-state index is 13.6. The quantitative estimate of drug-likeness (QED) is 0.796. The van der Waals surface area contributed by atoms with Gasteiger partial charge in [-0.1, -0.05) is 24.3 Å². The summed E-state index contributed by atoms with van der Waals surface area (Å²) in [5.41, 5.74) is 0.709. The number of methoxy groups -OCH3 is 1. The van der Waals surface area contributed by atoms with Crippen LogP contribution in [0.2, 0.25) is 0 Å². The molecule has 2 aromatic rings. The second kappa shape index (κ2) is 8.05. The fourth-order valence-electron chi connectivity index (χ4n) is 2.38. The minimum absolute atomic E-state index is 0.0109. The Bertz CT molecular complexity index is 928. The summed E-state index contributed by atoms with van der Waals surface area (Å²) >= 11 is 0.751. The third-order valence-electron chi connectivity index (χ3n) is 3.74. The second-order valence-electron chi connectivity index (χ2n) is 5.57. The zero-order valence-electron chi connectivity index (χ0n) is 14.3. The number of hydrogen-bond acceptors (Lipinski definition) is 5. The molecule has 0 radical (unpaired) electrons. The summed E-state index contributed by atoms with van der Waals surface area (Å²) in [5, 5.41) is 1.80. The van der Waals surface area contributed by atoms with E-state index >= 15 is 0 Å². The molecule has 0 spiro atoms. The van der Waals surface area contributed by atoms with Crippen molar-refractivity contribution in [1.29, 1.82) is 0 Å². The average molecular weight is 386 g/mol. The lowest BCUT2D eigenvalue weighted by molar-refractivity contribution is -0.127. The topological polar surface area (TPSA) is 75.7 Å². The Balaban J connectivity index is 1.69. The number of nitrogens with zero attached hydrogens (tertiary/aromatic N) is 1. The first-order chi connectivity index (χ1) is 13.0. The molecule has 138 valence electrons. The van der Waals surface area contributed by atoms with Crippen LogP contribution in [-0.4, -0.2) is 35.6 Å². The number of carbonyl (C=O) groups excluding carboxylic acids is 3. The summed E-state index contributed by atoms with van der Waals surface area (Å²) < 4.78 is 18.7. The Hall–Kier alpha value is -3.13. The third kappa shape index (κ3) is 4.35. The first kappa shape index (κ1) is 18.7. The van der Waals surface area contributed by atoms with Gasteiger partial charge < -0.3 is 10.1 Å². The van der Waals surface area contributed by atoms with Crippen LogP contribution in [0.25, 0.3) is 6.08 Å². The van der Waals surface area contributed by atoms with Gasteiger partial charge in [-0.25, -0.2) is 4.39 Å². The fourth-order valence-corrected chi connectivity index (χ4v) is 3.22. The molecule has 1 heterocycles. The minimum Gasteiger partial charge on any atom is -0.497 e. The van der Waals surface area contributed by atoms with Gasteiger partial charge in [0.2, 0.25) is 5.91 Å². The van der Waals surface area contributed by atoms with E-state index < -0.39 is 29.4 Å². The first-order valence-corrected chi connectivity index (χ1v) is 8.73. The van der Waals surface area contributed by atoms with Gasteiger partial charge >= 0.3 is 0 Å². The number of amides is 3. The van der Waals surface area contributed by atoms with Crippen LogP contribution in [0.4, 0.5) is 14.9 Å². The highest BCUT2D eigenvalue weighted by Crippen LogP contribution is 2.32. The number of halogens is 1. The van der Waals surface area contributed by atoms with Gasteiger partial charge in [-0.2, -0.15) is 0 Å². The molecule has 27 heavy (non-hydrogen) atoms. The maximum Gasteiger partial charge on any atom is 0.294 e. The molecule has 1 saturated heterocycles. The number of para-hydroxylation sites is 1. The zero-order valence-corrected chi connectivity index (χ0v) is 15.1. The Labute approximate surface area is 159 Å². The van der Waals surface area contributed by atoms with Crippen molar-refractivity contribution < 1.29 is 23.5 Å². The maximum absolute atomic E-state index is 13.6. The van der Waals surface area contributed by atoms with Crippen molar-refractivity contribution in [3.63, 3.8) is 0 Å². The molecule has 2 aromatic carbocycles. The van der Waals surface area contributed by atoms with Crippen molar-refractivity contribution in [1.82, 2.24) is 4.90 Å². The Kier molecular flexibility index (Phi) is 5.56. The number of imide groups is 1. The minimum atomic E-state index is -0.659. The second-order valence-corrected chi connectivity index (χ2v) is 6.56. The summed E-state index contributed by atoms with van der Waals surface area (Å²) in [6.07, 6.45) is 1.57. The molecule has 1 aliphatic rings.